The fourth-order valence-corrected chi connectivity index (χ4v) is 2.54. The van der Waals surface area contributed by atoms with Crippen LogP contribution in [0, 0.1) is 0 Å². The maximum Gasteiger partial charge on any atom is 0.333 e. The first-order valence-corrected chi connectivity index (χ1v) is 8.01. The summed E-state index contributed by atoms with van der Waals surface area (Å²) >= 11 is 0. The van der Waals surface area contributed by atoms with Crippen molar-refractivity contribution in [1.29, 1.82) is 0 Å². The first-order valence-electron chi connectivity index (χ1n) is 8.01. The average Bonchev–Trinajstić information content (AvgIpc) is 2.65. The van der Waals surface area contributed by atoms with Crippen LogP contribution in [0.25, 0.3) is 0 Å². The van der Waals surface area contributed by atoms with E-state index in [1.807, 2.05) is 67.6 Å². The van der Waals surface area contributed by atoms with Gasteiger partial charge in [0, 0.05) is 11.1 Å². The Kier molecular flexibility index (Phi) is 6.07. The Hall–Kier alpha value is -2.68. The highest BCUT2D eigenvalue weighted by molar-refractivity contribution is 6.13. The minimum atomic E-state index is -0.954. The van der Waals surface area contributed by atoms with Crippen molar-refractivity contribution in [2.24, 2.45) is 4.99 Å². The molecule has 0 fully saturated rings. The van der Waals surface area contributed by atoms with Crippen LogP contribution in [-0.2, 0) is 9.53 Å². The highest BCUT2D eigenvalue weighted by Crippen LogP contribution is 2.23. The van der Waals surface area contributed by atoms with E-state index in [4.69, 9.17) is 9.73 Å². The molecule has 2 aromatic rings. The molecule has 0 aliphatic rings. The number of hydrogen-bond donors (Lipinski definition) is 0. The van der Waals surface area contributed by atoms with E-state index in [0.29, 0.717) is 12.8 Å². The molecule has 0 radical (unpaired) electrons. The SMILES string of the molecule is C=CCCC(C)(N=C(c1ccccc1)c1ccccc1)C(=O)OC. The van der Waals surface area contributed by atoms with Crippen LogP contribution in [0.1, 0.15) is 30.9 Å². The zero-order valence-electron chi connectivity index (χ0n) is 14.2. The quantitative estimate of drug-likeness (QED) is 0.430. The van der Waals surface area contributed by atoms with Crippen molar-refractivity contribution >= 4 is 11.7 Å². The molecule has 24 heavy (non-hydrogen) atoms. The summed E-state index contributed by atoms with van der Waals surface area (Å²) in [5.74, 6) is -0.339. The number of ether oxygens (including phenoxy) is 1. The molecule has 0 saturated heterocycles. The van der Waals surface area contributed by atoms with E-state index in [-0.39, 0.29) is 5.97 Å². The third kappa shape index (κ3) is 4.19. The average molecular weight is 321 g/mol. The van der Waals surface area contributed by atoms with Crippen LogP contribution >= 0.6 is 0 Å². The highest BCUT2D eigenvalue weighted by atomic mass is 16.5. The molecule has 3 nitrogen and oxygen atoms in total. The number of allylic oxidation sites excluding steroid dienone is 1. The van der Waals surface area contributed by atoms with Crippen molar-refractivity contribution in [3.63, 3.8) is 0 Å². The Labute approximate surface area is 143 Å². The fraction of sp³-hybridized carbons (Fsp3) is 0.238. The van der Waals surface area contributed by atoms with Gasteiger partial charge in [-0.15, -0.1) is 6.58 Å². The third-order valence-electron chi connectivity index (χ3n) is 3.91. The molecule has 124 valence electrons. The van der Waals surface area contributed by atoms with E-state index in [1.165, 1.54) is 7.11 Å². The monoisotopic (exact) mass is 321 g/mol. The van der Waals surface area contributed by atoms with Gasteiger partial charge in [-0.3, -0.25) is 4.99 Å². The smallest absolute Gasteiger partial charge is 0.333 e. The lowest BCUT2D eigenvalue weighted by atomic mass is 9.94. The van der Waals surface area contributed by atoms with E-state index < -0.39 is 5.54 Å². The number of methoxy groups -OCH3 is 1. The maximum absolute atomic E-state index is 12.4. The molecule has 0 bridgehead atoms. The van der Waals surface area contributed by atoms with Gasteiger partial charge in [0.15, 0.2) is 5.54 Å². The third-order valence-corrected chi connectivity index (χ3v) is 3.91. The second-order valence-electron chi connectivity index (χ2n) is 5.79. The molecule has 2 aromatic carbocycles. The second-order valence-corrected chi connectivity index (χ2v) is 5.79. The Bertz CT molecular complexity index is 666. The lowest BCUT2D eigenvalue weighted by molar-refractivity contribution is -0.146. The Balaban J connectivity index is 2.57. The number of benzene rings is 2. The van der Waals surface area contributed by atoms with Gasteiger partial charge >= 0.3 is 5.97 Å². The minimum absolute atomic E-state index is 0.339. The fourth-order valence-electron chi connectivity index (χ4n) is 2.54. The number of aliphatic imine (C=N–C) groups is 1. The van der Waals surface area contributed by atoms with E-state index >= 15 is 0 Å². The first-order chi connectivity index (χ1) is 11.6. The zero-order valence-corrected chi connectivity index (χ0v) is 14.2. The van der Waals surface area contributed by atoms with Crippen molar-refractivity contribution in [3.8, 4) is 0 Å². The number of carbonyl (C=O) groups is 1. The van der Waals surface area contributed by atoms with Crippen molar-refractivity contribution < 1.29 is 9.53 Å². The topological polar surface area (TPSA) is 38.7 Å². The molecule has 1 unspecified atom stereocenters. The predicted molar refractivity (Wildman–Crippen MR) is 98.4 cm³/mol. The predicted octanol–water partition coefficient (Wildman–Crippen LogP) is 4.42. The molecule has 3 heteroatoms. The van der Waals surface area contributed by atoms with Crippen molar-refractivity contribution in [1.82, 2.24) is 0 Å². The Morgan fingerprint density at radius 2 is 1.58 bits per heavy atom. The van der Waals surface area contributed by atoms with Gasteiger partial charge in [-0.25, -0.2) is 4.79 Å². The van der Waals surface area contributed by atoms with Crippen LogP contribution in [0.5, 0.6) is 0 Å². The van der Waals surface area contributed by atoms with Crippen molar-refractivity contribution in [2.75, 3.05) is 7.11 Å². The van der Waals surface area contributed by atoms with Gasteiger partial charge in [0.2, 0.25) is 0 Å². The summed E-state index contributed by atoms with van der Waals surface area (Å²) in [4.78, 5) is 17.2. The number of hydrogen-bond acceptors (Lipinski definition) is 3. The number of nitrogens with zero attached hydrogens (tertiary/aromatic N) is 1. The summed E-state index contributed by atoms with van der Waals surface area (Å²) in [6, 6.07) is 19.8. The number of carbonyl (C=O) groups excluding carboxylic acids is 1. The number of esters is 1. The molecule has 0 spiro atoms. The summed E-state index contributed by atoms with van der Waals surface area (Å²) in [6.07, 6.45) is 3.03. The van der Waals surface area contributed by atoms with Crippen LogP contribution in [0.4, 0.5) is 0 Å². The highest BCUT2D eigenvalue weighted by Gasteiger charge is 2.34. The van der Waals surface area contributed by atoms with Gasteiger partial charge in [0.1, 0.15) is 0 Å². The number of rotatable bonds is 7. The molecular formula is C21H23NO2. The normalized spacial score (nSPS) is 12.8. The van der Waals surface area contributed by atoms with E-state index in [1.54, 1.807) is 6.08 Å². The lowest BCUT2D eigenvalue weighted by Gasteiger charge is -2.24. The van der Waals surface area contributed by atoms with E-state index in [2.05, 4.69) is 6.58 Å². The van der Waals surface area contributed by atoms with Crippen LogP contribution in [0.3, 0.4) is 0 Å². The minimum Gasteiger partial charge on any atom is -0.467 e. The molecule has 0 aromatic heterocycles. The molecular weight excluding hydrogens is 298 g/mol. The van der Waals surface area contributed by atoms with E-state index in [0.717, 1.165) is 16.8 Å². The van der Waals surface area contributed by atoms with Gasteiger partial charge in [0.05, 0.1) is 12.8 Å². The summed E-state index contributed by atoms with van der Waals surface area (Å²) in [5, 5.41) is 0. The van der Waals surface area contributed by atoms with E-state index in [9.17, 15) is 4.79 Å². The molecule has 0 heterocycles. The molecule has 1 atom stereocenters. The summed E-state index contributed by atoms with van der Waals surface area (Å²) in [7, 11) is 1.40. The summed E-state index contributed by atoms with van der Waals surface area (Å²) in [5.41, 5.74) is 1.77. The molecule has 0 aliphatic carbocycles. The molecule has 2 rings (SSSR count). The molecule has 0 amide bonds. The lowest BCUT2D eigenvalue weighted by Crippen LogP contribution is -2.36. The molecule has 0 aliphatic heterocycles. The first kappa shape index (κ1) is 17.7. The van der Waals surface area contributed by atoms with Gasteiger partial charge in [-0.05, 0) is 19.8 Å². The second kappa shape index (κ2) is 8.25. The standard InChI is InChI=1S/C21H23NO2/c1-4-5-16-21(2,20(23)24-3)22-19(17-12-8-6-9-13-17)18-14-10-7-11-15-18/h4,6-15H,1,5,16H2,2-3H3. The van der Waals surface area contributed by atoms with Gasteiger partial charge in [0.25, 0.3) is 0 Å². The maximum atomic E-state index is 12.4. The van der Waals surface area contributed by atoms with Crippen molar-refractivity contribution in [3.05, 3.63) is 84.4 Å². The Morgan fingerprint density at radius 1 is 1.08 bits per heavy atom. The largest absolute Gasteiger partial charge is 0.467 e. The van der Waals surface area contributed by atoms with Crippen LogP contribution in [-0.4, -0.2) is 24.3 Å². The van der Waals surface area contributed by atoms with Gasteiger partial charge < -0.3 is 4.74 Å². The van der Waals surface area contributed by atoms with Crippen molar-refractivity contribution in [2.45, 2.75) is 25.3 Å². The summed E-state index contributed by atoms with van der Waals surface area (Å²) in [6.45, 7) is 5.56. The van der Waals surface area contributed by atoms with Crippen LogP contribution < -0.4 is 0 Å². The van der Waals surface area contributed by atoms with Crippen LogP contribution in [0.2, 0.25) is 0 Å². The zero-order chi connectivity index (χ0) is 17.4. The Morgan fingerprint density at radius 3 is 2.00 bits per heavy atom. The van der Waals surface area contributed by atoms with Gasteiger partial charge in [-0.2, -0.15) is 0 Å². The molecule has 0 saturated carbocycles. The summed E-state index contributed by atoms with van der Waals surface area (Å²) < 4.78 is 5.00. The van der Waals surface area contributed by atoms with Crippen LogP contribution in [0.15, 0.2) is 78.3 Å². The van der Waals surface area contributed by atoms with Gasteiger partial charge in [-0.1, -0.05) is 66.7 Å². The molecule has 0 N–H and O–H groups in total.